The number of nitrogens with zero attached hydrogens (tertiary/aromatic N) is 3. The molecule has 1 aromatic heterocycles. The van der Waals surface area contributed by atoms with Crippen molar-refractivity contribution in [3.8, 4) is 0 Å². The smallest absolute Gasteiger partial charge is 0.0788 e. The summed E-state index contributed by atoms with van der Waals surface area (Å²) in [6.07, 6.45) is 3.60. The van der Waals surface area contributed by atoms with E-state index in [4.69, 9.17) is 4.74 Å². The van der Waals surface area contributed by atoms with Crippen molar-refractivity contribution in [2.24, 2.45) is 4.99 Å². The van der Waals surface area contributed by atoms with Gasteiger partial charge in [-0.15, -0.1) is 0 Å². The maximum Gasteiger partial charge on any atom is 0.0788 e. The predicted octanol–water partition coefficient (Wildman–Crippen LogP) is 1.47. The molecule has 2 fully saturated rings. The Labute approximate surface area is 178 Å². The number of anilines is 1. The summed E-state index contributed by atoms with van der Waals surface area (Å²) in [5, 5.41) is 11.9. The number of piperidine rings is 1. The second-order valence-electron chi connectivity index (χ2n) is 8.07. The molecule has 0 radical (unpaired) electrons. The van der Waals surface area contributed by atoms with Gasteiger partial charge in [-0.05, 0) is 44.7 Å². The topological polar surface area (TPSA) is 64.1 Å². The maximum absolute atomic E-state index is 9.74. The Hall–Kier alpha value is -2.41. The lowest BCUT2D eigenvalue weighted by atomic mass is 10.1. The molecule has 2 saturated heterocycles. The molecule has 2 aromatic rings. The number of aromatic nitrogens is 1. The fourth-order valence-electron chi connectivity index (χ4n) is 4.32. The Bertz CT molecular complexity index is 966. The van der Waals surface area contributed by atoms with Crippen LogP contribution in [0.4, 0.5) is 5.69 Å². The average Bonchev–Trinajstić information content (AvgIpc) is 3.18. The molecule has 0 saturated carbocycles. The van der Waals surface area contributed by atoms with Crippen molar-refractivity contribution in [3.63, 3.8) is 0 Å². The molecule has 2 aliphatic rings. The van der Waals surface area contributed by atoms with Crippen LogP contribution < -0.4 is 15.5 Å². The summed E-state index contributed by atoms with van der Waals surface area (Å²) in [4.78, 5) is 12.7. The number of benzene rings is 1. The van der Waals surface area contributed by atoms with Crippen molar-refractivity contribution in [3.05, 3.63) is 52.2 Å². The number of nitrogens with one attached hydrogen (secondary N) is 1. The first-order valence-corrected chi connectivity index (χ1v) is 10.9. The van der Waals surface area contributed by atoms with Crippen LogP contribution in [0.2, 0.25) is 0 Å². The molecule has 4 rings (SSSR count). The largest absolute Gasteiger partial charge is 0.393 e. The number of hydrogen-bond acceptors (Lipinski definition) is 5. The van der Waals surface area contributed by atoms with E-state index >= 15 is 0 Å². The fraction of sp³-hybridized carbons (Fsp3) is 0.458. The van der Waals surface area contributed by atoms with Crippen molar-refractivity contribution >= 4 is 24.2 Å². The summed E-state index contributed by atoms with van der Waals surface area (Å²) < 4.78 is 5.46. The Morgan fingerprint density at radius 1 is 1.20 bits per heavy atom. The van der Waals surface area contributed by atoms with E-state index in [1.54, 1.807) is 0 Å². The monoisotopic (exact) mass is 408 g/mol. The van der Waals surface area contributed by atoms with Gasteiger partial charge in [0.15, 0.2) is 0 Å². The van der Waals surface area contributed by atoms with Crippen LogP contribution in [-0.2, 0) is 11.3 Å². The number of aliphatic hydroxyl groups is 1. The van der Waals surface area contributed by atoms with E-state index in [1.807, 2.05) is 6.92 Å². The lowest BCUT2D eigenvalue weighted by Crippen LogP contribution is -2.35. The van der Waals surface area contributed by atoms with E-state index in [2.05, 4.69) is 62.9 Å². The number of aromatic amines is 1. The van der Waals surface area contributed by atoms with Crippen LogP contribution >= 0.6 is 0 Å². The van der Waals surface area contributed by atoms with Crippen LogP contribution in [-0.4, -0.2) is 67.2 Å². The summed E-state index contributed by atoms with van der Waals surface area (Å²) in [5.41, 5.74) is 4.34. The molecule has 2 N–H and O–H groups in total. The highest BCUT2D eigenvalue weighted by Gasteiger charge is 2.17. The molecule has 30 heavy (non-hydrogen) atoms. The molecule has 0 bridgehead atoms. The van der Waals surface area contributed by atoms with E-state index in [1.165, 1.54) is 11.4 Å². The molecule has 0 unspecified atom stereocenters. The van der Waals surface area contributed by atoms with E-state index < -0.39 is 0 Å². The first-order valence-electron chi connectivity index (χ1n) is 10.9. The summed E-state index contributed by atoms with van der Waals surface area (Å²) in [6, 6.07) is 10.7. The lowest BCUT2D eigenvalue weighted by molar-refractivity contribution is 0.0337. The first kappa shape index (κ1) is 20.8. The second-order valence-corrected chi connectivity index (χ2v) is 8.07. The van der Waals surface area contributed by atoms with E-state index in [0.717, 1.165) is 80.6 Å². The van der Waals surface area contributed by atoms with Gasteiger partial charge in [0.1, 0.15) is 0 Å². The molecular weight excluding hydrogens is 376 g/mol. The predicted molar refractivity (Wildman–Crippen MR) is 122 cm³/mol. The molecule has 6 heteroatoms. The highest BCUT2D eigenvalue weighted by Crippen LogP contribution is 2.22. The van der Waals surface area contributed by atoms with Crippen molar-refractivity contribution in [1.29, 1.82) is 0 Å². The summed E-state index contributed by atoms with van der Waals surface area (Å²) >= 11 is 0. The highest BCUT2D eigenvalue weighted by molar-refractivity contribution is 5.69. The molecule has 0 spiro atoms. The standard InChI is InChI=1S/C24H32N4O2/c1-3-23-22(16-19(26-23)17-27-12-14-30-15-13-27)24(25-2)18-4-6-20(7-5-18)28-10-8-21(29)9-11-28/h3-7,16,21,26,29H,2,8-15,17H2,1H3/b23-3+,24-22-. The minimum atomic E-state index is -0.158. The maximum atomic E-state index is 9.74. The SMILES string of the molecule is C=N/C(c1ccc(N2CCC(O)CC2)cc1)=c1/cc(CN2CCOCC2)[nH]/c1=C/C. The lowest BCUT2D eigenvalue weighted by Gasteiger charge is -2.31. The van der Waals surface area contributed by atoms with Crippen LogP contribution in [0.5, 0.6) is 0 Å². The third-order valence-corrected chi connectivity index (χ3v) is 6.07. The number of rotatable bonds is 5. The molecule has 0 atom stereocenters. The molecule has 0 aliphatic carbocycles. The van der Waals surface area contributed by atoms with Crippen LogP contribution in [0.15, 0.2) is 35.3 Å². The number of morpholine rings is 1. The number of ether oxygens (including phenoxy) is 1. The third kappa shape index (κ3) is 4.67. The zero-order chi connectivity index (χ0) is 20.9. The van der Waals surface area contributed by atoms with Gasteiger partial charge in [-0.2, -0.15) is 0 Å². The Balaban J connectivity index is 1.61. The van der Waals surface area contributed by atoms with Crippen molar-refractivity contribution in [2.45, 2.75) is 32.4 Å². The summed E-state index contributed by atoms with van der Waals surface area (Å²) in [6.45, 7) is 12.1. The van der Waals surface area contributed by atoms with Gasteiger partial charge in [0.2, 0.25) is 0 Å². The highest BCUT2D eigenvalue weighted by atomic mass is 16.5. The first-order chi connectivity index (χ1) is 14.7. The van der Waals surface area contributed by atoms with Gasteiger partial charge in [0.25, 0.3) is 0 Å². The van der Waals surface area contributed by atoms with Crippen LogP contribution in [0, 0.1) is 0 Å². The van der Waals surface area contributed by atoms with Gasteiger partial charge in [-0.25, -0.2) is 0 Å². The minimum absolute atomic E-state index is 0.158. The van der Waals surface area contributed by atoms with Gasteiger partial charge in [-0.3, -0.25) is 9.89 Å². The number of aliphatic hydroxyl groups excluding tert-OH is 1. The molecular formula is C24H32N4O2. The second kappa shape index (κ2) is 9.60. The summed E-state index contributed by atoms with van der Waals surface area (Å²) in [5.74, 6) is 0. The van der Waals surface area contributed by atoms with E-state index in [9.17, 15) is 5.11 Å². The Kier molecular flexibility index (Phi) is 6.67. The number of aliphatic imine (C=N–C) groups is 1. The number of hydrogen-bond donors (Lipinski definition) is 2. The van der Waals surface area contributed by atoms with E-state index in [-0.39, 0.29) is 6.10 Å². The van der Waals surface area contributed by atoms with Crippen molar-refractivity contribution in [1.82, 2.24) is 9.88 Å². The quantitative estimate of drug-likeness (QED) is 0.736. The fourth-order valence-corrected chi connectivity index (χ4v) is 4.32. The van der Waals surface area contributed by atoms with Crippen LogP contribution in [0.25, 0.3) is 11.8 Å². The number of H-pyrrole nitrogens is 1. The zero-order valence-electron chi connectivity index (χ0n) is 17.8. The Morgan fingerprint density at radius 2 is 1.90 bits per heavy atom. The van der Waals surface area contributed by atoms with Crippen molar-refractivity contribution in [2.75, 3.05) is 44.3 Å². The van der Waals surface area contributed by atoms with E-state index in [0.29, 0.717) is 0 Å². The van der Waals surface area contributed by atoms with Crippen molar-refractivity contribution < 1.29 is 9.84 Å². The molecule has 1 aromatic carbocycles. The normalized spacial score (nSPS) is 20.5. The molecule has 3 heterocycles. The van der Waals surface area contributed by atoms with Gasteiger partial charge >= 0.3 is 0 Å². The van der Waals surface area contributed by atoms with Crippen LogP contribution in [0.3, 0.4) is 0 Å². The third-order valence-electron chi connectivity index (χ3n) is 6.07. The van der Waals surface area contributed by atoms with Crippen LogP contribution in [0.1, 0.15) is 31.0 Å². The van der Waals surface area contributed by atoms with Gasteiger partial charge < -0.3 is 19.7 Å². The Morgan fingerprint density at radius 3 is 2.53 bits per heavy atom. The van der Waals surface area contributed by atoms with Gasteiger partial charge in [0, 0.05) is 60.2 Å². The molecule has 2 aliphatic heterocycles. The summed E-state index contributed by atoms with van der Waals surface area (Å²) in [7, 11) is 0. The molecule has 0 amide bonds. The van der Waals surface area contributed by atoms with Gasteiger partial charge in [-0.1, -0.05) is 18.2 Å². The molecule has 6 nitrogen and oxygen atoms in total. The van der Waals surface area contributed by atoms with Gasteiger partial charge in [0.05, 0.1) is 25.0 Å². The average molecular weight is 409 g/mol. The molecule has 160 valence electrons. The minimum Gasteiger partial charge on any atom is -0.393 e. The zero-order valence-corrected chi connectivity index (χ0v) is 17.8.